The summed E-state index contributed by atoms with van der Waals surface area (Å²) in [6.45, 7) is 6.46. The van der Waals surface area contributed by atoms with Crippen molar-refractivity contribution in [1.82, 2.24) is 5.32 Å². The molecule has 0 aromatic heterocycles. The molecule has 0 radical (unpaired) electrons. The van der Waals surface area contributed by atoms with Crippen molar-refractivity contribution in [2.24, 2.45) is 0 Å². The Kier molecular flexibility index (Phi) is 49.1. The van der Waals surface area contributed by atoms with Crippen molar-refractivity contribution >= 4 is 11.9 Å². The van der Waals surface area contributed by atoms with Gasteiger partial charge < -0.3 is 20.3 Å². The van der Waals surface area contributed by atoms with Gasteiger partial charge in [0, 0.05) is 6.42 Å². The summed E-state index contributed by atoms with van der Waals surface area (Å²) in [4.78, 5) is 26.1. The molecule has 0 rings (SSSR count). The number of carbonyl (C=O) groups is 2. The van der Waals surface area contributed by atoms with Crippen LogP contribution in [0.3, 0.4) is 0 Å². The number of hydrogen-bond donors (Lipinski definition) is 3. The number of rotatable bonds is 49. The van der Waals surface area contributed by atoms with Crippen molar-refractivity contribution in [3.8, 4) is 0 Å². The summed E-state index contributed by atoms with van der Waals surface area (Å²) < 4.78 is 5.87. The van der Waals surface area contributed by atoms with Crippen LogP contribution in [0.15, 0.2) is 48.6 Å². The third-order valence-corrected chi connectivity index (χ3v) is 12.4. The number of unbranched alkanes of at least 4 members (excludes halogenated alkanes) is 30. The zero-order valence-electron chi connectivity index (χ0n) is 42.0. The summed E-state index contributed by atoms with van der Waals surface area (Å²) in [5.41, 5.74) is 0. The molecule has 0 aromatic rings. The average Bonchev–Trinajstić information content (AvgIpc) is 3.28. The lowest BCUT2D eigenvalue weighted by molar-refractivity contribution is -0.150. The zero-order chi connectivity index (χ0) is 45.9. The predicted octanol–water partition coefficient (Wildman–Crippen LogP) is 16.6. The van der Waals surface area contributed by atoms with Crippen LogP contribution in [-0.2, 0) is 14.3 Å². The lowest BCUT2D eigenvalue weighted by Gasteiger charge is -2.24. The van der Waals surface area contributed by atoms with Crippen molar-refractivity contribution in [1.29, 1.82) is 0 Å². The first kappa shape index (κ1) is 60.8. The predicted molar refractivity (Wildman–Crippen MR) is 273 cm³/mol. The van der Waals surface area contributed by atoms with Crippen LogP contribution in [0, 0.1) is 0 Å². The van der Waals surface area contributed by atoms with Gasteiger partial charge in [0.25, 0.3) is 0 Å². The van der Waals surface area contributed by atoms with Gasteiger partial charge in [-0.1, -0.05) is 249 Å². The van der Waals surface area contributed by atoms with Crippen molar-refractivity contribution in [3.05, 3.63) is 48.6 Å². The van der Waals surface area contributed by atoms with Crippen LogP contribution in [-0.4, -0.2) is 46.9 Å². The van der Waals surface area contributed by atoms with Gasteiger partial charge in [-0.15, -0.1) is 0 Å². The number of allylic oxidation sites excluding steroid dienone is 8. The Morgan fingerprint density at radius 1 is 0.476 bits per heavy atom. The van der Waals surface area contributed by atoms with Crippen molar-refractivity contribution in [2.75, 3.05) is 6.61 Å². The first-order valence-electron chi connectivity index (χ1n) is 27.4. The van der Waals surface area contributed by atoms with Crippen molar-refractivity contribution in [2.45, 2.75) is 296 Å². The molecule has 0 saturated heterocycles. The van der Waals surface area contributed by atoms with E-state index in [1.165, 1.54) is 173 Å². The van der Waals surface area contributed by atoms with E-state index in [1.807, 2.05) is 6.08 Å². The standard InChI is InChI=1S/C57H105NO5/c1-4-7-10-13-16-19-22-25-27-28-29-32-34-37-40-43-46-49-55(60)54(52-59)58-56(61)51-53(48-45-42-39-36-33-31-26-23-20-17-14-11-8-5-2)63-57(62)50-47-44-41-38-35-30-24-21-18-15-12-9-6-3/h30-31,33,35-36,39,41,44,53-55,59-60H,4-29,32,34,37-38,40,42-43,45-52H2,1-3H3,(H,58,61)/b33-31+,35-30-,39-36+,44-41+. The van der Waals surface area contributed by atoms with Gasteiger partial charge in [-0.05, 0) is 64.2 Å². The quantitative estimate of drug-likeness (QED) is 0.0245. The highest BCUT2D eigenvalue weighted by Gasteiger charge is 2.24. The van der Waals surface area contributed by atoms with E-state index in [4.69, 9.17) is 4.74 Å². The van der Waals surface area contributed by atoms with Crippen LogP contribution in [0.5, 0.6) is 0 Å². The van der Waals surface area contributed by atoms with Gasteiger partial charge in [0.05, 0.1) is 25.2 Å². The maximum Gasteiger partial charge on any atom is 0.306 e. The van der Waals surface area contributed by atoms with Gasteiger partial charge >= 0.3 is 5.97 Å². The molecule has 0 aliphatic heterocycles. The lowest BCUT2D eigenvalue weighted by atomic mass is 10.0. The molecule has 0 aliphatic rings. The van der Waals surface area contributed by atoms with Crippen LogP contribution in [0.25, 0.3) is 0 Å². The van der Waals surface area contributed by atoms with E-state index in [0.29, 0.717) is 19.3 Å². The van der Waals surface area contributed by atoms with Crippen LogP contribution in [0.4, 0.5) is 0 Å². The second-order valence-corrected chi connectivity index (χ2v) is 18.7. The van der Waals surface area contributed by atoms with Gasteiger partial charge in [-0.2, -0.15) is 0 Å². The molecule has 6 heteroatoms. The first-order valence-corrected chi connectivity index (χ1v) is 27.4. The van der Waals surface area contributed by atoms with Gasteiger partial charge in [0.2, 0.25) is 5.91 Å². The Labute approximate surface area is 391 Å². The fourth-order valence-electron chi connectivity index (χ4n) is 8.25. The Morgan fingerprint density at radius 3 is 1.33 bits per heavy atom. The number of carbonyl (C=O) groups excluding carboxylic acids is 2. The number of aliphatic hydroxyl groups is 2. The van der Waals surface area contributed by atoms with E-state index in [0.717, 1.165) is 51.4 Å². The Morgan fingerprint density at radius 2 is 0.873 bits per heavy atom. The van der Waals surface area contributed by atoms with E-state index >= 15 is 0 Å². The molecule has 0 bridgehead atoms. The minimum absolute atomic E-state index is 0.0232. The van der Waals surface area contributed by atoms with E-state index < -0.39 is 18.2 Å². The SMILES string of the molecule is CCCCCCCC/C=C\C/C=C/CCC(=O)OC(CCC/C=C/C=C/CCCCCCCCC)CC(=O)NC(CO)C(O)CCCCCCCCCCCCCCCCCCC. The van der Waals surface area contributed by atoms with E-state index in [9.17, 15) is 19.8 Å². The van der Waals surface area contributed by atoms with Gasteiger partial charge in [0.15, 0.2) is 0 Å². The molecule has 0 aliphatic carbocycles. The highest BCUT2D eigenvalue weighted by Crippen LogP contribution is 2.17. The lowest BCUT2D eigenvalue weighted by Crippen LogP contribution is -2.46. The van der Waals surface area contributed by atoms with Crippen LogP contribution in [0.2, 0.25) is 0 Å². The molecule has 63 heavy (non-hydrogen) atoms. The summed E-state index contributed by atoms with van der Waals surface area (Å²) >= 11 is 0. The fourth-order valence-corrected chi connectivity index (χ4v) is 8.25. The smallest absolute Gasteiger partial charge is 0.306 e. The number of ether oxygens (including phenoxy) is 1. The molecule has 368 valence electrons. The highest BCUT2D eigenvalue weighted by molar-refractivity contribution is 5.77. The molecule has 1 amide bonds. The molecule has 0 aromatic carbocycles. The number of amides is 1. The molecule has 0 fully saturated rings. The van der Waals surface area contributed by atoms with Gasteiger partial charge in [-0.3, -0.25) is 9.59 Å². The van der Waals surface area contributed by atoms with Crippen molar-refractivity contribution in [3.63, 3.8) is 0 Å². The maximum atomic E-state index is 13.2. The summed E-state index contributed by atoms with van der Waals surface area (Å²) in [5.74, 6) is -0.595. The molecule has 0 saturated carbocycles. The second kappa shape index (κ2) is 50.8. The Balaban J connectivity index is 4.62. The van der Waals surface area contributed by atoms with Crippen LogP contribution >= 0.6 is 0 Å². The summed E-state index contributed by atoms with van der Waals surface area (Å²) in [7, 11) is 0. The largest absolute Gasteiger partial charge is 0.462 e. The van der Waals surface area contributed by atoms with Crippen molar-refractivity contribution < 1.29 is 24.5 Å². The molecular weight excluding hydrogens is 779 g/mol. The topological polar surface area (TPSA) is 95.9 Å². The van der Waals surface area contributed by atoms with E-state index in [1.54, 1.807) is 0 Å². The molecule has 0 spiro atoms. The Bertz CT molecular complexity index is 1080. The van der Waals surface area contributed by atoms with Gasteiger partial charge in [0.1, 0.15) is 6.10 Å². The van der Waals surface area contributed by atoms with E-state index in [-0.39, 0.29) is 31.3 Å². The average molecular weight is 884 g/mol. The minimum Gasteiger partial charge on any atom is -0.462 e. The van der Waals surface area contributed by atoms with Crippen LogP contribution in [0.1, 0.15) is 278 Å². The normalized spacial score (nSPS) is 13.5. The van der Waals surface area contributed by atoms with E-state index in [2.05, 4.69) is 68.6 Å². The summed E-state index contributed by atoms with van der Waals surface area (Å²) in [5, 5.41) is 23.8. The summed E-state index contributed by atoms with van der Waals surface area (Å²) in [6, 6.07) is -0.726. The highest BCUT2D eigenvalue weighted by atomic mass is 16.5. The molecule has 0 heterocycles. The third kappa shape index (κ3) is 46.2. The Hall–Kier alpha value is -2.18. The molecule has 3 N–H and O–H groups in total. The molecule has 3 atom stereocenters. The second-order valence-electron chi connectivity index (χ2n) is 18.7. The van der Waals surface area contributed by atoms with Crippen LogP contribution < -0.4 is 5.32 Å². The number of aliphatic hydroxyl groups excluding tert-OH is 2. The number of esters is 1. The third-order valence-electron chi connectivity index (χ3n) is 12.4. The number of nitrogens with one attached hydrogen (secondary N) is 1. The number of hydrogen-bond acceptors (Lipinski definition) is 5. The van der Waals surface area contributed by atoms with Gasteiger partial charge in [-0.25, -0.2) is 0 Å². The molecule has 6 nitrogen and oxygen atoms in total. The zero-order valence-corrected chi connectivity index (χ0v) is 42.0. The summed E-state index contributed by atoms with van der Waals surface area (Å²) in [6.07, 6.45) is 61.9. The fraction of sp³-hybridized carbons (Fsp3) is 0.825. The minimum atomic E-state index is -0.808. The molecule has 3 unspecified atom stereocenters. The molecular formula is C57H105NO5. The first-order chi connectivity index (χ1) is 31.0. The monoisotopic (exact) mass is 884 g/mol. The maximum absolute atomic E-state index is 13.2.